The van der Waals surface area contributed by atoms with Crippen LogP contribution in [0.1, 0.15) is 0 Å². The Kier molecular flexibility index (Phi) is 11.8. The summed E-state index contributed by atoms with van der Waals surface area (Å²) < 4.78 is 8.88. The van der Waals surface area contributed by atoms with Crippen molar-refractivity contribution in [3.05, 3.63) is 0 Å². The normalized spacial score (nSPS) is 8.43. The Bertz CT molecular complexity index is 57.8. The van der Waals surface area contributed by atoms with Crippen LogP contribution in [0.4, 0.5) is 0 Å². The van der Waals surface area contributed by atoms with Gasteiger partial charge in [-0.15, -0.1) is 0 Å². The Labute approximate surface area is 61.2 Å². The summed E-state index contributed by atoms with van der Waals surface area (Å²) in [5, 5.41) is 0. The van der Waals surface area contributed by atoms with E-state index in [0.29, 0.717) is 0 Å². The monoisotopic (exact) mass is 186 g/mol. The smallest absolute Gasteiger partial charge is 0.303 e. The molecule has 0 saturated heterocycles. The molecular weight excluding hydrogens is 181 g/mol. The molecule has 0 aliphatic carbocycles. The van der Waals surface area contributed by atoms with Crippen molar-refractivity contribution in [1.82, 2.24) is 0 Å². The minimum absolute atomic E-state index is 0. The van der Waals surface area contributed by atoms with Crippen LogP contribution in [0.25, 0.3) is 0 Å². The fourth-order valence-electron chi connectivity index (χ4n) is 0. The predicted molar refractivity (Wildman–Crippen MR) is 24.2 cm³/mol. The molecule has 0 bridgehead atoms. The molecule has 0 rings (SSSR count). The minimum atomic E-state index is -4.64. The van der Waals surface area contributed by atoms with Crippen LogP contribution in [0.15, 0.2) is 0 Å². The molecule has 7 heteroatoms. The van der Waals surface area contributed by atoms with Gasteiger partial charge in [0, 0.05) is 16.5 Å². The van der Waals surface area contributed by atoms with Crippen molar-refractivity contribution >= 4 is 25.2 Å². The molecule has 0 saturated carbocycles. The van der Waals surface area contributed by atoms with Crippen molar-refractivity contribution in [3.8, 4) is 0 Å². The maximum Gasteiger partial charge on any atom is 0.466 e. The quantitative estimate of drug-likeness (QED) is 0.299. The summed E-state index contributed by atoms with van der Waals surface area (Å²) in [6.07, 6.45) is 0. The summed E-state index contributed by atoms with van der Waals surface area (Å²) >= 11 is 0. The zero-order chi connectivity index (χ0) is 4.50. The van der Waals surface area contributed by atoms with Crippen molar-refractivity contribution in [3.63, 3.8) is 0 Å². The van der Waals surface area contributed by atoms with E-state index >= 15 is 0 Å². The third-order valence-corrected chi connectivity index (χ3v) is 0. The van der Waals surface area contributed by atoms with Gasteiger partial charge in [0.1, 0.15) is 0 Å². The second-order valence-corrected chi connectivity index (χ2v) is 1.54. The van der Waals surface area contributed by atoms with E-state index in [1.54, 1.807) is 0 Å². The Hall–Kier alpha value is 1.14. The van der Waals surface area contributed by atoms with E-state index in [1.807, 2.05) is 0 Å². The van der Waals surface area contributed by atoms with E-state index in [4.69, 9.17) is 19.2 Å². The maximum atomic E-state index is 8.88. The molecule has 0 atom stereocenters. The van der Waals surface area contributed by atoms with Crippen molar-refractivity contribution < 1.29 is 35.7 Å². The zero-order valence-corrected chi connectivity index (χ0v) is 4.40. The van der Waals surface area contributed by atoms with Gasteiger partial charge in [0.15, 0.2) is 17.4 Å². The van der Waals surface area contributed by atoms with Crippen LogP contribution in [-0.4, -0.2) is 32.0 Å². The van der Waals surface area contributed by atoms with E-state index in [0.717, 1.165) is 0 Å². The Morgan fingerprint density at radius 3 is 1.14 bits per heavy atom. The molecule has 3 N–H and O–H groups in total. The summed E-state index contributed by atoms with van der Waals surface area (Å²) in [5.41, 5.74) is 0. The van der Waals surface area contributed by atoms with Crippen LogP contribution in [0, 0.1) is 0 Å². The van der Waals surface area contributed by atoms with Gasteiger partial charge in [0.2, 0.25) is 0 Å². The second-order valence-electron chi connectivity index (χ2n) is 0.513. The van der Waals surface area contributed by atoms with Crippen LogP contribution in [-0.2, 0) is 21.1 Å². The second kappa shape index (κ2) is 5.28. The van der Waals surface area contributed by atoms with Gasteiger partial charge in [-0.1, -0.05) is 0 Å². The summed E-state index contributed by atoms with van der Waals surface area (Å²) in [6, 6.07) is 0. The molecule has 0 aliphatic rings. The number of rotatable bonds is 0. The molecule has 0 aliphatic heterocycles. The van der Waals surface area contributed by atoms with Crippen LogP contribution in [0.5, 0.6) is 0 Å². The van der Waals surface area contributed by atoms with Crippen molar-refractivity contribution in [2.24, 2.45) is 0 Å². The summed E-state index contributed by atoms with van der Waals surface area (Å²) in [7, 11) is -4.64. The third-order valence-electron chi connectivity index (χ3n) is 0. The summed E-state index contributed by atoms with van der Waals surface area (Å²) in [6.45, 7) is 0. The van der Waals surface area contributed by atoms with Gasteiger partial charge in [0.05, 0.1) is 0 Å². The molecule has 0 heterocycles. The van der Waals surface area contributed by atoms with Crippen LogP contribution < -0.4 is 0 Å². The van der Waals surface area contributed by atoms with Gasteiger partial charge in [-0.2, -0.15) is 0 Å². The maximum absolute atomic E-state index is 8.88. The van der Waals surface area contributed by atoms with E-state index < -0.39 is 7.82 Å². The van der Waals surface area contributed by atoms with Crippen LogP contribution in [0.2, 0.25) is 0 Å². The first-order valence-electron chi connectivity index (χ1n) is 0.783. The van der Waals surface area contributed by atoms with E-state index in [2.05, 4.69) is 0 Å². The molecule has 0 aromatic rings. The molecule has 0 spiro atoms. The van der Waals surface area contributed by atoms with Crippen LogP contribution in [0.3, 0.4) is 0 Å². The van der Waals surface area contributed by atoms with E-state index in [9.17, 15) is 0 Å². The van der Waals surface area contributed by atoms with Gasteiger partial charge in [-0.25, -0.2) is 4.57 Å². The molecule has 48 valence electrons. The van der Waals surface area contributed by atoms with Gasteiger partial charge in [0.25, 0.3) is 0 Å². The van der Waals surface area contributed by atoms with Gasteiger partial charge in [-0.05, 0) is 0 Å². The standard InChI is InChI=1S/Al.Ni.H3O4P.3H/c;;1-5(2,3)4;;;/h;;(H3,1,2,3,4);;;. The topological polar surface area (TPSA) is 77.8 Å². The summed E-state index contributed by atoms with van der Waals surface area (Å²) in [4.78, 5) is 21.6. The van der Waals surface area contributed by atoms with E-state index in [-0.39, 0.29) is 33.9 Å². The Balaban J connectivity index is -0.0000000800. The Morgan fingerprint density at radius 1 is 1.14 bits per heavy atom. The fraction of sp³-hybridized carbons (Fsp3) is 0. The molecule has 0 aromatic carbocycles. The molecule has 0 fully saturated rings. The SMILES string of the molecule is O=P(O)(O)O.[AlH3].[Ni]. The Morgan fingerprint density at radius 2 is 1.14 bits per heavy atom. The molecule has 0 aromatic heterocycles. The fourth-order valence-corrected chi connectivity index (χ4v) is 0. The predicted octanol–water partition coefficient (Wildman–Crippen LogP) is -2.12. The van der Waals surface area contributed by atoms with Crippen molar-refractivity contribution in [1.29, 1.82) is 0 Å². The average molecular weight is 187 g/mol. The van der Waals surface area contributed by atoms with Crippen molar-refractivity contribution in [2.45, 2.75) is 0 Å². The van der Waals surface area contributed by atoms with Gasteiger partial charge >= 0.3 is 7.82 Å². The largest absolute Gasteiger partial charge is 0.466 e. The average Bonchev–Trinajstić information content (AvgIpc) is 0.722. The van der Waals surface area contributed by atoms with Gasteiger partial charge < -0.3 is 14.7 Å². The zero-order valence-electron chi connectivity index (χ0n) is 2.51. The third kappa shape index (κ3) is 146. The van der Waals surface area contributed by atoms with Gasteiger partial charge in [-0.3, -0.25) is 0 Å². The van der Waals surface area contributed by atoms with Crippen molar-refractivity contribution in [2.75, 3.05) is 0 Å². The number of phosphoric acid groups is 1. The number of hydrogen-bond acceptors (Lipinski definition) is 1. The first-order valence-corrected chi connectivity index (χ1v) is 2.35. The molecule has 4 nitrogen and oxygen atoms in total. The first-order chi connectivity index (χ1) is 2.00. The first kappa shape index (κ1) is 15.7. The summed E-state index contributed by atoms with van der Waals surface area (Å²) in [5.74, 6) is 0. The minimum Gasteiger partial charge on any atom is -0.303 e. The molecular formula is H6AlNiO4P. The number of hydrogen-bond donors (Lipinski definition) is 3. The molecule has 0 amide bonds. The van der Waals surface area contributed by atoms with Crippen LogP contribution >= 0.6 is 7.82 Å². The molecule has 0 unspecified atom stereocenters. The molecule has 0 radical (unpaired) electrons. The molecule has 7 heavy (non-hydrogen) atoms. The van der Waals surface area contributed by atoms with E-state index in [1.165, 1.54) is 0 Å².